The van der Waals surface area contributed by atoms with Crippen molar-refractivity contribution in [3.05, 3.63) is 11.6 Å². The van der Waals surface area contributed by atoms with Crippen LogP contribution in [0.5, 0.6) is 0 Å². The maximum Gasteiger partial charge on any atom is 0.145 e. The third kappa shape index (κ3) is 6.10. The highest BCUT2D eigenvalue weighted by molar-refractivity contribution is 5.71. The average molecular weight is 170 g/mol. The summed E-state index contributed by atoms with van der Waals surface area (Å²) >= 11 is 0. The van der Waals surface area contributed by atoms with Crippen molar-refractivity contribution >= 4 is 6.29 Å². The number of carbonyl (C=O) groups excluding carboxylic acids is 1. The van der Waals surface area contributed by atoms with E-state index in [2.05, 4.69) is 6.92 Å². The van der Waals surface area contributed by atoms with Crippen molar-refractivity contribution in [2.75, 3.05) is 6.61 Å². The third-order valence-corrected chi connectivity index (χ3v) is 1.93. The maximum atomic E-state index is 10.2. The van der Waals surface area contributed by atoms with Crippen LogP contribution in [0.2, 0.25) is 0 Å². The normalized spacial score (nSPS) is 14.4. The van der Waals surface area contributed by atoms with Gasteiger partial charge in [0.1, 0.15) is 6.29 Å². The third-order valence-electron chi connectivity index (χ3n) is 1.93. The molecule has 1 N–H and O–H groups in total. The van der Waals surface area contributed by atoms with Crippen LogP contribution in [-0.2, 0) is 4.79 Å². The molecule has 0 radical (unpaired) electrons. The summed E-state index contributed by atoms with van der Waals surface area (Å²) in [6.45, 7) is 4.18. The SMILES string of the molecule is C/C(C=O)=C\CC[C@@H](C)CCO. The van der Waals surface area contributed by atoms with Crippen LogP contribution in [0.4, 0.5) is 0 Å². The predicted molar refractivity (Wildman–Crippen MR) is 49.9 cm³/mol. The van der Waals surface area contributed by atoms with E-state index in [0.717, 1.165) is 31.1 Å². The van der Waals surface area contributed by atoms with E-state index in [9.17, 15) is 4.79 Å². The van der Waals surface area contributed by atoms with Gasteiger partial charge in [0.25, 0.3) is 0 Å². The van der Waals surface area contributed by atoms with E-state index >= 15 is 0 Å². The first-order valence-electron chi connectivity index (χ1n) is 4.43. The fourth-order valence-electron chi connectivity index (χ4n) is 1.01. The lowest BCUT2D eigenvalue weighted by Crippen LogP contribution is -1.97. The molecular weight excluding hydrogens is 152 g/mol. The van der Waals surface area contributed by atoms with Crippen molar-refractivity contribution in [1.29, 1.82) is 0 Å². The van der Waals surface area contributed by atoms with Crippen LogP contribution in [0.25, 0.3) is 0 Å². The Hall–Kier alpha value is -0.630. The Morgan fingerprint density at radius 2 is 2.17 bits per heavy atom. The minimum atomic E-state index is 0.261. The fourth-order valence-corrected chi connectivity index (χ4v) is 1.01. The molecule has 0 aromatic rings. The van der Waals surface area contributed by atoms with Gasteiger partial charge in [0, 0.05) is 6.61 Å². The van der Waals surface area contributed by atoms with Crippen LogP contribution in [0.3, 0.4) is 0 Å². The lowest BCUT2D eigenvalue weighted by molar-refractivity contribution is -0.104. The zero-order valence-electron chi connectivity index (χ0n) is 7.92. The lowest BCUT2D eigenvalue weighted by Gasteiger charge is -2.06. The number of aliphatic hydroxyl groups is 1. The van der Waals surface area contributed by atoms with Gasteiger partial charge in [-0.3, -0.25) is 4.79 Å². The predicted octanol–water partition coefficient (Wildman–Crippen LogP) is 1.93. The molecule has 0 aliphatic rings. The van der Waals surface area contributed by atoms with E-state index in [1.807, 2.05) is 13.0 Å². The second-order valence-electron chi connectivity index (χ2n) is 3.26. The molecule has 0 saturated carbocycles. The minimum Gasteiger partial charge on any atom is -0.396 e. The molecule has 0 aliphatic carbocycles. The summed E-state index contributed by atoms with van der Waals surface area (Å²) in [7, 11) is 0. The number of carbonyl (C=O) groups is 1. The van der Waals surface area contributed by atoms with Crippen LogP contribution in [-0.4, -0.2) is 18.0 Å². The van der Waals surface area contributed by atoms with Crippen LogP contribution in [0.15, 0.2) is 11.6 Å². The molecule has 0 rings (SSSR count). The molecule has 70 valence electrons. The van der Waals surface area contributed by atoms with Gasteiger partial charge in [-0.25, -0.2) is 0 Å². The number of aldehydes is 1. The number of allylic oxidation sites excluding steroid dienone is 2. The molecule has 0 aromatic heterocycles. The van der Waals surface area contributed by atoms with Crippen molar-refractivity contribution in [2.24, 2.45) is 5.92 Å². The summed E-state index contributed by atoms with van der Waals surface area (Å²) in [6.07, 6.45) is 5.66. The van der Waals surface area contributed by atoms with Crippen molar-refractivity contribution in [3.63, 3.8) is 0 Å². The largest absolute Gasteiger partial charge is 0.396 e. The topological polar surface area (TPSA) is 37.3 Å². The second kappa shape index (κ2) is 7.04. The van der Waals surface area contributed by atoms with Gasteiger partial charge in [0.2, 0.25) is 0 Å². The first-order valence-corrected chi connectivity index (χ1v) is 4.43. The molecule has 0 unspecified atom stereocenters. The van der Waals surface area contributed by atoms with Gasteiger partial charge < -0.3 is 5.11 Å². The molecule has 1 atom stereocenters. The monoisotopic (exact) mass is 170 g/mol. The summed E-state index contributed by atoms with van der Waals surface area (Å²) in [5.74, 6) is 0.547. The van der Waals surface area contributed by atoms with Crippen molar-refractivity contribution in [1.82, 2.24) is 0 Å². The number of rotatable bonds is 6. The summed E-state index contributed by atoms with van der Waals surface area (Å²) in [4.78, 5) is 10.2. The van der Waals surface area contributed by atoms with Gasteiger partial charge in [-0.15, -0.1) is 0 Å². The number of aliphatic hydroxyl groups excluding tert-OH is 1. The molecule has 2 nitrogen and oxygen atoms in total. The van der Waals surface area contributed by atoms with E-state index in [0.29, 0.717) is 5.92 Å². The summed E-state index contributed by atoms with van der Waals surface area (Å²) in [5.41, 5.74) is 0.797. The van der Waals surface area contributed by atoms with Crippen molar-refractivity contribution in [2.45, 2.75) is 33.1 Å². The van der Waals surface area contributed by atoms with Crippen LogP contribution < -0.4 is 0 Å². The van der Waals surface area contributed by atoms with E-state index in [1.165, 1.54) is 0 Å². The minimum absolute atomic E-state index is 0.261. The summed E-state index contributed by atoms with van der Waals surface area (Å²) in [5, 5.41) is 8.62. The lowest BCUT2D eigenvalue weighted by atomic mass is 10.0. The maximum absolute atomic E-state index is 10.2. The van der Waals surface area contributed by atoms with Gasteiger partial charge in [-0.2, -0.15) is 0 Å². The molecule has 0 heterocycles. The Morgan fingerprint density at radius 3 is 2.67 bits per heavy atom. The van der Waals surface area contributed by atoms with Crippen molar-refractivity contribution < 1.29 is 9.90 Å². The Kier molecular flexibility index (Phi) is 6.67. The van der Waals surface area contributed by atoms with E-state index in [1.54, 1.807) is 0 Å². The highest BCUT2D eigenvalue weighted by Gasteiger charge is 1.98. The Bertz CT molecular complexity index is 150. The molecule has 12 heavy (non-hydrogen) atoms. The highest BCUT2D eigenvalue weighted by Crippen LogP contribution is 2.10. The highest BCUT2D eigenvalue weighted by atomic mass is 16.3. The quantitative estimate of drug-likeness (QED) is 0.488. The number of hydrogen-bond donors (Lipinski definition) is 1. The summed E-state index contributed by atoms with van der Waals surface area (Å²) in [6, 6.07) is 0. The first-order chi connectivity index (χ1) is 5.70. The Morgan fingerprint density at radius 1 is 1.50 bits per heavy atom. The molecule has 0 aliphatic heterocycles. The first kappa shape index (κ1) is 11.4. The molecule has 0 spiro atoms. The van der Waals surface area contributed by atoms with Gasteiger partial charge in [-0.05, 0) is 37.7 Å². The zero-order valence-corrected chi connectivity index (χ0v) is 7.92. The van der Waals surface area contributed by atoms with Gasteiger partial charge in [0.05, 0.1) is 0 Å². The van der Waals surface area contributed by atoms with Crippen LogP contribution in [0, 0.1) is 5.92 Å². The zero-order chi connectivity index (χ0) is 9.40. The summed E-state index contributed by atoms with van der Waals surface area (Å²) < 4.78 is 0. The molecule has 0 aromatic carbocycles. The van der Waals surface area contributed by atoms with E-state index in [4.69, 9.17) is 5.11 Å². The molecule has 0 bridgehead atoms. The van der Waals surface area contributed by atoms with Crippen LogP contribution >= 0.6 is 0 Å². The molecule has 2 heteroatoms. The van der Waals surface area contributed by atoms with E-state index < -0.39 is 0 Å². The van der Waals surface area contributed by atoms with Gasteiger partial charge in [0.15, 0.2) is 0 Å². The van der Waals surface area contributed by atoms with E-state index in [-0.39, 0.29) is 6.61 Å². The number of hydrogen-bond acceptors (Lipinski definition) is 2. The molecular formula is C10H18O2. The van der Waals surface area contributed by atoms with Gasteiger partial charge >= 0.3 is 0 Å². The van der Waals surface area contributed by atoms with Crippen molar-refractivity contribution in [3.8, 4) is 0 Å². The Labute approximate surface area is 74.3 Å². The molecule has 0 fully saturated rings. The standard InChI is InChI=1S/C10H18O2/c1-9(6-7-11)4-3-5-10(2)8-12/h5,8-9,11H,3-4,6-7H2,1-2H3/b10-5+/t9-/m1/s1. The Balaban J connectivity index is 3.48. The second-order valence-corrected chi connectivity index (χ2v) is 3.26. The average Bonchev–Trinajstić information content (AvgIpc) is 2.04. The molecule has 0 saturated heterocycles. The smallest absolute Gasteiger partial charge is 0.145 e. The fraction of sp³-hybridized carbons (Fsp3) is 0.700. The van der Waals surface area contributed by atoms with Crippen LogP contribution in [0.1, 0.15) is 33.1 Å². The molecule has 0 amide bonds. The van der Waals surface area contributed by atoms with Gasteiger partial charge in [-0.1, -0.05) is 13.0 Å².